The second kappa shape index (κ2) is 5.65. The zero-order valence-corrected chi connectivity index (χ0v) is 11.1. The van der Waals surface area contributed by atoms with Crippen LogP contribution in [-0.2, 0) is 9.84 Å². The van der Waals surface area contributed by atoms with Crippen molar-refractivity contribution in [2.24, 2.45) is 0 Å². The van der Waals surface area contributed by atoms with Crippen molar-refractivity contribution < 1.29 is 13.2 Å². The smallest absolute Gasteiger partial charge is 0.253 e. The predicted molar refractivity (Wildman–Crippen MR) is 66.7 cm³/mol. The van der Waals surface area contributed by atoms with Crippen molar-refractivity contribution in [3.05, 3.63) is 29.8 Å². The Balaban J connectivity index is 2.86. The van der Waals surface area contributed by atoms with Crippen LogP contribution < -0.4 is 0 Å². The minimum atomic E-state index is -3.25. The van der Waals surface area contributed by atoms with E-state index in [0.717, 1.165) is 6.26 Å². The summed E-state index contributed by atoms with van der Waals surface area (Å²) in [5.74, 6) is -0.231. The van der Waals surface area contributed by atoms with Crippen LogP contribution in [0.2, 0.25) is 0 Å². The number of benzene rings is 1. The molecule has 1 aromatic rings. The zero-order chi connectivity index (χ0) is 13.8. The molecule has 0 aliphatic rings. The molecule has 0 spiro atoms. The summed E-state index contributed by atoms with van der Waals surface area (Å²) in [6.07, 6.45) is 1.38. The average Bonchev–Trinajstić information content (AvgIpc) is 2.34. The summed E-state index contributed by atoms with van der Waals surface area (Å²) in [7, 11) is -1.65. The Hall–Kier alpha value is -1.87. The zero-order valence-electron chi connectivity index (χ0n) is 10.3. The molecule has 96 valence electrons. The van der Waals surface area contributed by atoms with Gasteiger partial charge in [-0.2, -0.15) is 5.26 Å². The highest BCUT2D eigenvalue weighted by Crippen LogP contribution is 2.11. The van der Waals surface area contributed by atoms with Crippen molar-refractivity contribution in [1.82, 2.24) is 4.90 Å². The molecule has 6 heteroatoms. The summed E-state index contributed by atoms with van der Waals surface area (Å²) < 4.78 is 22.5. The summed E-state index contributed by atoms with van der Waals surface area (Å²) in [6.45, 7) is 0.350. The standard InChI is InChI=1S/C12H14N2O3S/c1-14(9-3-8-13)12(15)10-4-6-11(7-5-10)18(2,16)17/h4-7H,3,9H2,1-2H3. The van der Waals surface area contributed by atoms with Gasteiger partial charge < -0.3 is 4.90 Å². The molecule has 1 aromatic carbocycles. The normalized spacial score (nSPS) is 10.7. The van der Waals surface area contributed by atoms with E-state index in [-0.39, 0.29) is 17.2 Å². The summed E-state index contributed by atoms with van der Waals surface area (Å²) in [6, 6.07) is 7.72. The van der Waals surface area contributed by atoms with Gasteiger partial charge in [-0.25, -0.2) is 8.42 Å². The van der Waals surface area contributed by atoms with Gasteiger partial charge in [0.25, 0.3) is 5.91 Å². The number of hydrogen-bond donors (Lipinski definition) is 0. The van der Waals surface area contributed by atoms with Gasteiger partial charge in [-0.05, 0) is 24.3 Å². The lowest BCUT2D eigenvalue weighted by molar-refractivity contribution is 0.0798. The first kappa shape index (κ1) is 14.2. The molecule has 1 rings (SSSR count). The Morgan fingerprint density at radius 2 is 1.89 bits per heavy atom. The molecule has 0 atom stereocenters. The van der Waals surface area contributed by atoms with Crippen LogP contribution in [0.5, 0.6) is 0 Å². The largest absolute Gasteiger partial charge is 0.341 e. The molecule has 5 nitrogen and oxygen atoms in total. The Labute approximate surface area is 107 Å². The molecule has 0 saturated carbocycles. The maximum Gasteiger partial charge on any atom is 0.253 e. The number of sulfone groups is 1. The molecule has 18 heavy (non-hydrogen) atoms. The van der Waals surface area contributed by atoms with Crippen molar-refractivity contribution in [3.63, 3.8) is 0 Å². The number of carbonyl (C=O) groups excluding carboxylic acids is 1. The van der Waals surface area contributed by atoms with E-state index in [1.54, 1.807) is 7.05 Å². The van der Waals surface area contributed by atoms with Crippen molar-refractivity contribution in [1.29, 1.82) is 5.26 Å². The van der Waals surface area contributed by atoms with Crippen LogP contribution in [0.4, 0.5) is 0 Å². The van der Waals surface area contributed by atoms with E-state index in [2.05, 4.69) is 0 Å². The Morgan fingerprint density at radius 1 is 1.33 bits per heavy atom. The van der Waals surface area contributed by atoms with E-state index in [9.17, 15) is 13.2 Å². The summed E-state index contributed by atoms with van der Waals surface area (Å²) in [5, 5.41) is 8.44. The topological polar surface area (TPSA) is 78.2 Å². The Bertz CT molecular complexity index is 570. The lowest BCUT2D eigenvalue weighted by atomic mass is 10.2. The molecular formula is C12H14N2O3S. The van der Waals surface area contributed by atoms with Crippen LogP contribution in [0, 0.1) is 11.3 Å². The number of carbonyl (C=O) groups is 1. The second-order valence-electron chi connectivity index (χ2n) is 3.93. The number of rotatable bonds is 4. The predicted octanol–water partition coefficient (Wildman–Crippen LogP) is 1.08. The lowest BCUT2D eigenvalue weighted by Crippen LogP contribution is -2.27. The van der Waals surface area contributed by atoms with Gasteiger partial charge in [-0.3, -0.25) is 4.79 Å². The first-order valence-electron chi connectivity index (χ1n) is 5.29. The van der Waals surface area contributed by atoms with Crippen LogP contribution >= 0.6 is 0 Å². The summed E-state index contributed by atoms with van der Waals surface area (Å²) in [5.41, 5.74) is 0.405. The average molecular weight is 266 g/mol. The number of nitriles is 1. The van der Waals surface area contributed by atoms with Gasteiger partial charge in [0, 0.05) is 25.4 Å². The molecule has 0 fully saturated rings. The maximum atomic E-state index is 11.9. The molecule has 0 N–H and O–H groups in total. The van der Waals surface area contributed by atoms with E-state index in [4.69, 9.17) is 5.26 Å². The summed E-state index contributed by atoms with van der Waals surface area (Å²) >= 11 is 0. The fourth-order valence-corrected chi connectivity index (χ4v) is 2.01. The maximum absolute atomic E-state index is 11.9. The third-order valence-electron chi connectivity index (χ3n) is 2.44. The lowest BCUT2D eigenvalue weighted by Gasteiger charge is -2.15. The van der Waals surface area contributed by atoms with E-state index >= 15 is 0 Å². The van der Waals surface area contributed by atoms with E-state index in [1.807, 2.05) is 6.07 Å². The van der Waals surface area contributed by atoms with E-state index in [0.29, 0.717) is 12.1 Å². The Kier molecular flexibility index (Phi) is 4.45. The highest BCUT2D eigenvalue weighted by Gasteiger charge is 2.13. The second-order valence-corrected chi connectivity index (χ2v) is 5.95. The first-order chi connectivity index (χ1) is 8.36. The molecule has 0 aromatic heterocycles. The van der Waals surface area contributed by atoms with Gasteiger partial charge in [0.1, 0.15) is 0 Å². The van der Waals surface area contributed by atoms with Crippen molar-refractivity contribution in [2.45, 2.75) is 11.3 Å². The minimum absolute atomic E-state index is 0.179. The van der Waals surface area contributed by atoms with Crippen LogP contribution in [0.25, 0.3) is 0 Å². The van der Waals surface area contributed by atoms with Crippen LogP contribution in [0.1, 0.15) is 16.8 Å². The quantitative estimate of drug-likeness (QED) is 0.816. The highest BCUT2D eigenvalue weighted by molar-refractivity contribution is 7.90. The number of amides is 1. The number of nitrogens with zero attached hydrogens (tertiary/aromatic N) is 2. The van der Waals surface area contributed by atoms with E-state index < -0.39 is 9.84 Å². The first-order valence-corrected chi connectivity index (χ1v) is 7.18. The van der Waals surface area contributed by atoms with Crippen molar-refractivity contribution >= 4 is 15.7 Å². The molecule has 0 heterocycles. The molecule has 0 aliphatic heterocycles. The van der Waals surface area contributed by atoms with Crippen molar-refractivity contribution in [2.75, 3.05) is 19.8 Å². The van der Waals surface area contributed by atoms with Gasteiger partial charge in [-0.1, -0.05) is 0 Å². The SMILES string of the molecule is CN(CCC#N)C(=O)c1ccc(S(C)(=O)=O)cc1. The monoisotopic (exact) mass is 266 g/mol. The Morgan fingerprint density at radius 3 is 2.33 bits per heavy atom. The van der Waals surface area contributed by atoms with Crippen LogP contribution in [0.15, 0.2) is 29.2 Å². The molecule has 0 bridgehead atoms. The van der Waals surface area contributed by atoms with Crippen LogP contribution in [-0.4, -0.2) is 39.1 Å². The van der Waals surface area contributed by atoms with Gasteiger partial charge in [0.2, 0.25) is 0 Å². The van der Waals surface area contributed by atoms with Gasteiger partial charge in [0.15, 0.2) is 9.84 Å². The molecule has 0 saturated heterocycles. The number of hydrogen-bond acceptors (Lipinski definition) is 4. The fourth-order valence-electron chi connectivity index (χ4n) is 1.38. The van der Waals surface area contributed by atoms with E-state index in [1.165, 1.54) is 29.2 Å². The molecule has 0 radical (unpaired) electrons. The minimum Gasteiger partial charge on any atom is -0.341 e. The molecule has 1 amide bonds. The highest BCUT2D eigenvalue weighted by atomic mass is 32.2. The molecule has 0 unspecified atom stereocenters. The van der Waals surface area contributed by atoms with Gasteiger partial charge in [0.05, 0.1) is 17.4 Å². The summed E-state index contributed by atoms with van der Waals surface area (Å²) in [4.78, 5) is 13.5. The van der Waals surface area contributed by atoms with Gasteiger partial charge >= 0.3 is 0 Å². The third-order valence-corrected chi connectivity index (χ3v) is 3.56. The molecule has 0 aliphatic carbocycles. The van der Waals surface area contributed by atoms with Crippen molar-refractivity contribution in [3.8, 4) is 6.07 Å². The fraction of sp³-hybridized carbons (Fsp3) is 0.333. The van der Waals surface area contributed by atoms with Crippen LogP contribution in [0.3, 0.4) is 0 Å². The third kappa shape index (κ3) is 3.57. The van der Waals surface area contributed by atoms with Gasteiger partial charge in [-0.15, -0.1) is 0 Å². The molecular weight excluding hydrogens is 252 g/mol.